The minimum absolute atomic E-state index is 0. The lowest BCUT2D eigenvalue weighted by Gasteiger charge is -2.27. The van der Waals surface area contributed by atoms with Gasteiger partial charge in [-0.1, -0.05) is 12.8 Å². The molecule has 2 saturated heterocycles. The minimum atomic E-state index is -0.773. The van der Waals surface area contributed by atoms with E-state index in [1.807, 2.05) is 16.8 Å². The molecule has 140 valence electrons. The summed E-state index contributed by atoms with van der Waals surface area (Å²) in [7, 11) is 1.89. The maximum Gasteiger partial charge on any atom is 0.317 e. The maximum atomic E-state index is 12.5. The van der Waals surface area contributed by atoms with Gasteiger partial charge in [0.2, 0.25) is 5.91 Å². The lowest BCUT2D eigenvalue weighted by molar-refractivity contribution is -0.138. The molecule has 0 aromatic rings. The topological polar surface area (TPSA) is 64.1 Å². The van der Waals surface area contributed by atoms with E-state index in [-0.39, 0.29) is 24.9 Å². The van der Waals surface area contributed by atoms with Crippen LogP contribution in [0.25, 0.3) is 0 Å². The highest BCUT2D eigenvalue weighted by molar-refractivity contribution is 5.85. The van der Waals surface area contributed by atoms with E-state index in [0.29, 0.717) is 12.6 Å². The first kappa shape index (κ1) is 21.2. The Morgan fingerprint density at radius 2 is 1.67 bits per heavy atom. The Kier molecular flexibility index (Phi) is 9.63. The summed E-state index contributed by atoms with van der Waals surface area (Å²) in [6.45, 7) is 4.27. The molecule has 0 radical (unpaired) electrons. The standard InChI is InChI=1S/C17H31N3O3.ClH/c1-18(14-17(22)23)15-7-6-9-19(12-8-15)13-16(21)20-10-4-2-3-5-11-20;/h15H,2-14H2,1H3,(H,22,23);1H. The van der Waals surface area contributed by atoms with Gasteiger partial charge in [-0.05, 0) is 45.7 Å². The number of carbonyl (C=O) groups excluding carboxylic acids is 1. The van der Waals surface area contributed by atoms with E-state index in [4.69, 9.17) is 5.11 Å². The van der Waals surface area contributed by atoms with Crippen LogP contribution in [0.15, 0.2) is 0 Å². The molecule has 0 bridgehead atoms. The molecule has 0 aromatic heterocycles. The molecule has 0 aliphatic carbocycles. The molecule has 7 heteroatoms. The van der Waals surface area contributed by atoms with Gasteiger partial charge in [-0.15, -0.1) is 12.4 Å². The number of carboxylic acid groups (broad SMARTS) is 1. The van der Waals surface area contributed by atoms with Crippen molar-refractivity contribution in [3.8, 4) is 0 Å². The summed E-state index contributed by atoms with van der Waals surface area (Å²) in [5, 5.41) is 8.92. The van der Waals surface area contributed by atoms with Crippen LogP contribution in [-0.2, 0) is 9.59 Å². The van der Waals surface area contributed by atoms with Crippen LogP contribution in [0, 0.1) is 0 Å². The van der Waals surface area contributed by atoms with Crippen LogP contribution in [0.5, 0.6) is 0 Å². The number of amides is 1. The molecule has 0 saturated carbocycles. The van der Waals surface area contributed by atoms with E-state index in [9.17, 15) is 9.59 Å². The largest absolute Gasteiger partial charge is 0.480 e. The van der Waals surface area contributed by atoms with Crippen molar-refractivity contribution < 1.29 is 14.7 Å². The van der Waals surface area contributed by atoms with Crippen LogP contribution in [0.4, 0.5) is 0 Å². The Labute approximate surface area is 151 Å². The van der Waals surface area contributed by atoms with Gasteiger partial charge in [0.25, 0.3) is 0 Å². The fourth-order valence-electron chi connectivity index (χ4n) is 3.69. The predicted molar refractivity (Wildman–Crippen MR) is 96.6 cm³/mol. The fraction of sp³-hybridized carbons (Fsp3) is 0.882. The number of halogens is 1. The van der Waals surface area contributed by atoms with Crippen molar-refractivity contribution in [3.63, 3.8) is 0 Å². The van der Waals surface area contributed by atoms with E-state index in [2.05, 4.69) is 4.90 Å². The van der Waals surface area contributed by atoms with Crippen LogP contribution in [0.3, 0.4) is 0 Å². The number of carbonyl (C=O) groups is 2. The zero-order valence-corrected chi connectivity index (χ0v) is 15.6. The predicted octanol–water partition coefficient (Wildman–Crippen LogP) is 1.68. The lowest BCUT2D eigenvalue weighted by atomic mass is 10.1. The summed E-state index contributed by atoms with van der Waals surface area (Å²) in [6, 6.07) is 0.310. The van der Waals surface area contributed by atoms with Crippen molar-refractivity contribution in [2.24, 2.45) is 0 Å². The molecule has 2 aliphatic rings. The Balaban J connectivity index is 0.00000288. The van der Waals surface area contributed by atoms with Crippen LogP contribution < -0.4 is 0 Å². The Bertz CT molecular complexity index is 401. The maximum absolute atomic E-state index is 12.5. The molecule has 2 fully saturated rings. The van der Waals surface area contributed by atoms with Gasteiger partial charge in [0.15, 0.2) is 0 Å². The average molecular weight is 362 g/mol. The molecule has 1 unspecified atom stereocenters. The number of hydrogen-bond donors (Lipinski definition) is 1. The van der Waals surface area contributed by atoms with Crippen molar-refractivity contribution in [3.05, 3.63) is 0 Å². The van der Waals surface area contributed by atoms with E-state index >= 15 is 0 Å². The van der Waals surface area contributed by atoms with Crippen molar-refractivity contribution in [2.75, 3.05) is 46.3 Å². The van der Waals surface area contributed by atoms with Crippen LogP contribution in [0.1, 0.15) is 44.9 Å². The molecule has 2 heterocycles. The molecular formula is C17H32ClN3O3. The first-order valence-electron chi connectivity index (χ1n) is 8.98. The molecule has 2 rings (SSSR count). The second kappa shape index (κ2) is 10.9. The van der Waals surface area contributed by atoms with Gasteiger partial charge in [-0.2, -0.15) is 0 Å². The highest BCUT2D eigenvalue weighted by atomic mass is 35.5. The second-order valence-electron chi connectivity index (χ2n) is 6.96. The zero-order valence-electron chi connectivity index (χ0n) is 14.8. The molecule has 24 heavy (non-hydrogen) atoms. The van der Waals surface area contributed by atoms with E-state index in [1.54, 1.807) is 0 Å². The summed E-state index contributed by atoms with van der Waals surface area (Å²) >= 11 is 0. The molecule has 1 atom stereocenters. The average Bonchev–Trinajstić information content (AvgIpc) is 2.89. The highest BCUT2D eigenvalue weighted by Gasteiger charge is 2.24. The summed E-state index contributed by atoms with van der Waals surface area (Å²) < 4.78 is 0. The molecule has 1 N–H and O–H groups in total. The monoisotopic (exact) mass is 361 g/mol. The van der Waals surface area contributed by atoms with Crippen LogP contribution in [-0.4, -0.2) is 84.0 Å². The third kappa shape index (κ3) is 6.95. The van der Waals surface area contributed by atoms with Gasteiger partial charge in [0.05, 0.1) is 13.1 Å². The normalized spacial score (nSPS) is 23.2. The Morgan fingerprint density at radius 3 is 2.29 bits per heavy atom. The van der Waals surface area contributed by atoms with Crippen LogP contribution >= 0.6 is 12.4 Å². The Morgan fingerprint density at radius 1 is 1.00 bits per heavy atom. The molecule has 0 aromatic carbocycles. The number of rotatable bonds is 5. The van der Waals surface area contributed by atoms with Gasteiger partial charge in [0, 0.05) is 25.7 Å². The van der Waals surface area contributed by atoms with Gasteiger partial charge >= 0.3 is 5.97 Å². The number of likely N-dealkylation sites (tertiary alicyclic amines) is 2. The fourth-order valence-corrected chi connectivity index (χ4v) is 3.69. The summed E-state index contributed by atoms with van der Waals surface area (Å²) in [6.07, 6.45) is 7.73. The minimum Gasteiger partial charge on any atom is -0.480 e. The quantitative estimate of drug-likeness (QED) is 0.807. The molecule has 2 aliphatic heterocycles. The molecule has 6 nitrogen and oxygen atoms in total. The molecule has 1 amide bonds. The summed E-state index contributed by atoms with van der Waals surface area (Å²) in [5.74, 6) is -0.505. The van der Waals surface area contributed by atoms with Gasteiger partial charge in [0.1, 0.15) is 0 Å². The molecule has 0 spiro atoms. The van der Waals surface area contributed by atoms with E-state index in [1.165, 1.54) is 12.8 Å². The molecular weight excluding hydrogens is 330 g/mol. The summed E-state index contributed by atoms with van der Waals surface area (Å²) in [4.78, 5) is 29.6. The number of likely N-dealkylation sites (N-methyl/N-ethyl adjacent to an activating group) is 1. The van der Waals surface area contributed by atoms with Crippen LogP contribution in [0.2, 0.25) is 0 Å². The number of aliphatic carboxylic acids is 1. The lowest BCUT2D eigenvalue weighted by Crippen LogP contribution is -2.41. The Hall–Kier alpha value is -0.850. The zero-order chi connectivity index (χ0) is 16.7. The number of nitrogens with zero attached hydrogens (tertiary/aromatic N) is 3. The number of hydrogen-bond acceptors (Lipinski definition) is 4. The number of carboxylic acids is 1. The second-order valence-corrected chi connectivity index (χ2v) is 6.96. The highest BCUT2D eigenvalue weighted by Crippen LogP contribution is 2.16. The van der Waals surface area contributed by atoms with Crippen molar-refractivity contribution >= 4 is 24.3 Å². The third-order valence-electron chi connectivity index (χ3n) is 5.12. The van der Waals surface area contributed by atoms with Crippen molar-refractivity contribution in [1.82, 2.24) is 14.7 Å². The van der Waals surface area contributed by atoms with Crippen molar-refractivity contribution in [1.29, 1.82) is 0 Å². The summed E-state index contributed by atoms with van der Waals surface area (Å²) in [5.41, 5.74) is 0. The third-order valence-corrected chi connectivity index (χ3v) is 5.12. The van der Waals surface area contributed by atoms with E-state index in [0.717, 1.165) is 58.3 Å². The van der Waals surface area contributed by atoms with Crippen molar-refractivity contribution in [2.45, 2.75) is 51.0 Å². The van der Waals surface area contributed by atoms with Gasteiger partial charge in [-0.25, -0.2) is 0 Å². The first-order chi connectivity index (χ1) is 11.1. The SMILES string of the molecule is CN(CC(=O)O)C1CCCN(CC(=O)N2CCCCCC2)CC1.Cl. The van der Waals surface area contributed by atoms with E-state index < -0.39 is 5.97 Å². The van der Waals surface area contributed by atoms with Gasteiger partial charge < -0.3 is 10.0 Å². The smallest absolute Gasteiger partial charge is 0.317 e. The van der Waals surface area contributed by atoms with Gasteiger partial charge in [-0.3, -0.25) is 19.4 Å². The first-order valence-corrected chi connectivity index (χ1v) is 8.98.